The molecule has 204 valence electrons. The number of allylic oxidation sites excluding steroid dienone is 1. The van der Waals surface area contributed by atoms with Crippen LogP contribution in [-0.2, 0) is 4.79 Å². The summed E-state index contributed by atoms with van der Waals surface area (Å²) in [5.74, 6) is -3.56. The molecule has 12 nitrogen and oxygen atoms in total. The van der Waals surface area contributed by atoms with Crippen LogP contribution in [-0.4, -0.2) is 64.6 Å². The number of anilines is 2. The molecule has 0 spiro atoms. The molecule has 2 aromatic heterocycles. The molecule has 3 aromatic rings. The number of carbonyl (C=O) groups excluding carboxylic acids is 2. The molecule has 3 unspecified atom stereocenters. The molecule has 5 rings (SSSR count). The van der Waals surface area contributed by atoms with Crippen molar-refractivity contribution in [2.24, 2.45) is 16.3 Å². The Kier molecular flexibility index (Phi) is 7.34. The minimum atomic E-state index is -1.53. The van der Waals surface area contributed by atoms with E-state index in [0.717, 1.165) is 0 Å². The van der Waals surface area contributed by atoms with Gasteiger partial charge in [-0.1, -0.05) is 0 Å². The number of urea groups is 1. The molecule has 0 aliphatic carbocycles. The fourth-order valence-corrected chi connectivity index (χ4v) is 6.40. The number of hydrogen-bond donors (Lipinski definition) is 5. The summed E-state index contributed by atoms with van der Waals surface area (Å²) in [6, 6.07) is 3.02. The Labute approximate surface area is 232 Å². The summed E-state index contributed by atoms with van der Waals surface area (Å²) in [6.07, 6.45) is 6.93. The molecule has 1 aromatic carbocycles. The van der Waals surface area contributed by atoms with Crippen molar-refractivity contribution >= 4 is 67.8 Å². The van der Waals surface area contributed by atoms with E-state index in [9.17, 15) is 19.5 Å². The molecule has 3 atom stereocenters. The second-order valence-corrected chi connectivity index (χ2v) is 11.2. The van der Waals surface area contributed by atoms with E-state index in [4.69, 9.17) is 4.99 Å². The zero-order chi connectivity index (χ0) is 27.6. The zero-order valence-corrected chi connectivity index (χ0v) is 22.9. The SMILES string of the molecule is CCNC(=O)NC1(C2CNCCC2(C)C(=O)O)N=CC=CN1c1cc(C(=O)Nc2nccs2)c2scnc2c1. The number of carboxylic acid groups (broad SMARTS) is 1. The van der Waals surface area contributed by atoms with Crippen LogP contribution in [0.1, 0.15) is 30.6 Å². The zero-order valence-electron chi connectivity index (χ0n) is 21.3. The molecule has 39 heavy (non-hydrogen) atoms. The van der Waals surface area contributed by atoms with Crippen LogP contribution in [0.2, 0.25) is 0 Å². The second-order valence-electron chi connectivity index (χ2n) is 9.41. The summed E-state index contributed by atoms with van der Waals surface area (Å²) >= 11 is 2.64. The normalized spacial score (nSPS) is 24.5. The van der Waals surface area contributed by atoms with E-state index in [1.165, 1.54) is 22.7 Å². The highest BCUT2D eigenvalue weighted by Gasteiger charge is 2.57. The van der Waals surface area contributed by atoms with Crippen LogP contribution in [0, 0.1) is 11.3 Å². The first kappa shape index (κ1) is 26.7. The Morgan fingerprint density at radius 3 is 2.85 bits per heavy atom. The summed E-state index contributed by atoms with van der Waals surface area (Å²) in [5, 5.41) is 24.4. The summed E-state index contributed by atoms with van der Waals surface area (Å²) in [4.78, 5) is 54.2. The molecule has 0 radical (unpaired) electrons. The fraction of sp³-hybridized carbons (Fsp3) is 0.360. The molecule has 5 N–H and O–H groups in total. The highest BCUT2D eigenvalue weighted by molar-refractivity contribution is 7.17. The second kappa shape index (κ2) is 10.7. The molecule has 2 aliphatic heterocycles. The van der Waals surface area contributed by atoms with Crippen LogP contribution in [0.4, 0.5) is 15.6 Å². The maximum Gasteiger partial charge on any atom is 0.318 e. The third-order valence-electron chi connectivity index (χ3n) is 7.10. The number of carboxylic acids is 1. The predicted molar refractivity (Wildman–Crippen MR) is 151 cm³/mol. The van der Waals surface area contributed by atoms with Gasteiger partial charge in [-0.15, -0.1) is 22.7 Å². The van der Waals surface area contributed by atoms with Gasteiger partial charge in [-0.05, 0) is 45.0 Å². The van der Waals surface area contributed by atoms with Gasteiger partial charge in [-0.2, -0.15) is 0 Å². The predicted octanol–water partition coefficient (Wildman–Crippen LogP) is 3.08. The van der Waals surface area contributed by atoms with Gasteiger partial charge in [0, 0.05) is 42.8 Å². The van der Waals surface area contributed by atoms with E-state index in [1.54, 1.807) is 66.5 Å². The van der Waals surface area contributed by atoms with Gasteiger partial charge < -0.3 is 20.6 Å². The van der Waals surface area contributed by atoms with Gasteiger partial charge in [0.25, 0.3) is 5.91 Å². The lowest BCUT2D eigenvalue weighted by molar-refractivity contribution is -0.155. The van der Waals surface area contributed by atoms with Crippen LogP contribution in [0.25, 0.3) is 10.2 Å². The minimum Gasteiger partial charge on any atom is -0.481 e. The number of amides is 3. The standard InChI is InChI=1S/C25H28N8O4S2/c1-3-27-22(37)32-25(18-13-26-7-5-24(18,2)21(35)36)30-6-4-9-33(25)15-11-16(19-17(12-15)29-14-39-19)20(34)31-23-28-8-10-38-23/h4,6,8-12,14,18,26H,3,5,7,13H2,1-2H3,(H,35,36)(H2,27,32,37)(H,28,31,34). The highest BCUT2D eigenvalue weighted by atomic mass is 32.1. The average molecular weight is 569 g/mol. The number of aromatic nitrogens is 2. The van der Waals surface area contributed by atoms with Gasteiger partial charge in [0.1, 0.15) is 0 Å². The Hall–Kier alpha value is -3.88. The van der Waals surface area contributed by atoms with Crippen molar-refractivity contribution in [1.29, 1.82) is 0 Å². The molecule has 4 heterocycles. The van der Waals surface area contributed by atoms with Gasteiger partial charge in [0.05, 0.1) is 32.6 Å². The lowest BCUT2D eigenvalue weighted by Crippen LogP contribution is -2.71. The number of fused-ring (bicyclic) bond motifs is 1. The topological polar surface area (TPSA) is 161 Å². The summed E-state index contributed by atoms with van der Waals surface area (Å²) in [6.45, 7) is 4.65. The van der Waals surface area contributed by atoms with E-state index in [1.807, 2.05) is 0 Å². The van der Waals surface area contributed by atoms with Crippen LogP contribution in [0.3, 0.4) is 0 Å². The van der Waals surface area contributed by atoms with E-state index in [0.29, 0.717) is 46.1 Å². The number of carbonyl (C=O) groups is 3. The first-order valence-electron chi connectivity index (χ1n) is 12.4. The van der Waals surface area contributed by atoms with Gasteiger partial charge in [-0.25, -0.2) is 19.8 Å². The van der Waals surface area contributed by atoms with Gasteiger partial charge in [-0.3, -0.25) is 20.2 Å². The number of piperidine rings is 1. The monoisotopic (exact) mass is 568 g/mol. The molecular weight excluding hydrogens is 540 g/mol. The van der Waals surface area contributed by atoms with Crippen molar-refractivity contribution in [3.63, 3.8) is 0 Å². The number of aliphatic imine (C=N–C) groups is 1. The van der Waals surface area contributed by atoms with Crippen molar-refractivity contribution in [2.45, 2.75) is 26.1 Å². The molecule has 0 bridgehead atoms. The molecule has 0 saturated carbocycles. The third-order valence-corrected chi connectivity index (χ3v) is 8.66. The number of nitrogens with one attached hydrogen (secondary N) is 4. The number of rotatable bonds is 7. The minimum absolute atomic E-state index is 0.285. The lowest BCUT2D eigenvalue weighted by atomic mass is 9.68. The maximum absolute atomic E-state index is 13.4. The van der Waals surface area contributed by atoms with Crippen LogP contribution < -0.4 is 26.2 Å². The Morgan fingerprint density at radius 2 is 2.10 bits per heavy atom. The Balaban J connectivity index is 1.66. The maximum atomic E-state index is 13.4. The summed E-state index contributed by atoms with van der Waals surface area (Å²) in [7, 11) is 0. The van der Waals surface area contributed by atoms with Crippen LogP contribution in [0.5, 0.6) is 0 Å². The van der Waals surface area contributed by atoms with E-state index in [2.05, 4.69) is 31.2 Å². The van der Waals surface area contributed by atoms with E-state index < -0.39 is 29.1 Å². The Bertz CT molecular complexity index is 1460. The van der Waals surface area contributed by atoms with Gasteiger partial charge in [0.2, 0.25) is 5.79 Å². The van der Waals surface area contributed by atoms with Crippen molar-refractivity contribution < 1.29 is 19.5 Å². The highest BCUT2D eigenvalue weighted by Crippen LogP contribution is 2.45. The average Bonchev–Trinajstić information content (AvgIpc) is 3.60. The van der Waals surface area contributed by atoms with E-state index in [-0.39, 0.29) is 12.5 Å². The first-order chi connectivity index (χ1) is 18.8. The molecule has 1 fully saturated rings. The van der Waals surface area contributed by atoms with Gasteiger partial charge >= 0.3 is 12.0 Å². The molecular formula is C25H28N8O4S2. The third kappa shape index (κ3) is 4.86. The molecule has 2 aliphatic rings. The van der Waals surface area contributed by atoms with Gasteiger partial charge in [0.15, 0.2) is 5.13 Å². The largest absolute Gasteiger partial charge is 0.481 e. The smallest absolute Gasteiger partial charge is 0.318 e. The summed E-state index contributed by atoms with van der Waals surface area (Å²) in [5.41, 5.74) is 1.91. The van der Waals surface area contributed by atoms with Crippen molar-refractivity contribution in [3.05, 3.63) is 47.1 Å². The van der Waals surface area contributed by atoms with Crippen molar-refractivity contribution in [1.82, 2.24) is 25.9 Å². The molecule has 3 amide bonds. The lowest BCUT2D eigenvalue weighted by Gasteiger charge is -2.52. The number of hydrogen-bond acceptors (Lipinski definition) is 10. The Morgan fingerprint density at radius 1 is 1.26 bits per heavy atom. The molecule has 1 saturated heterocycles. The number of benzene rings is 1. The number of aliphatic carboxylic acids is 1. The van der Waals surface area contributed by atoms with Crippen molar-refractivity contribution in [3.8, 4) is 0 Å². The summed E-state index contributed by atoms with van der Waals surface area (Å²) < 4.78 is 0.689. The first-order valence-corrected chi connectivity index (χ1v) is 14.1. The van der Waals surface area contributed by atoms with Crippen molar-refractivity contribution in [2.75, 3.05) is 29.9 Å². The molecule has 14 heteroatoms. The van der Waals surface area contributed by atoms with Crippen LogP contribution in [0.15, 0.2) is 46.5 Å². The quantitative estimate of drug-likeness (QED) is 0.291. The van der Waals surface area contributed by atoms with Crippen LogP contribution >= 0.6 is 22.7 Å². The fourth-order valence-electron chi connectivity index (χ4n) is 5.10. The van der Waals surface area contributed by atoms with E-state index >= 15 is 0 Å². The number of nitrogens with zero attached hydrogens (tertiary/aromatic N) is 4. The number of thiazole rings is 2.